The van der Waals surface area contributed by atoms with Crippen molar-refractivity contribution >= 4 is 0 Å². The molecular formula is C13H25NO2. The summed E-state index contributed by atoms with van der Waals surface area (Å²) < 4.78 is 5.38. The van der Waals surface area contributed by atoms with E-state index in [9.17, 15) is 5.11 Å². The van der Waals surface area contributed by atoms with Gasteiger partial charge in [0.05, 0.1) is 18.8 Å². The molecule has 1 aliphatic rings. The molecule has 0 saturated heterocycles. The van der Waals surface area contributed by atoms with Gasteiger partial charge in [-0.1, -0.05) is 25.3 Å². The van der Waals surface area contributed by atoms with Crippen LogP contribution < -0.4 is 5.32 Å². The average molecular weight is 227 g/mol. The van der Waals surface area contributed by atoms with Crippen molar-refractivity contribution in [2.24, 2.45) is 0 Å². The van der Waals surface area contributed by atoms with E-state index in [1.165, 1.54) is 6.42 Å². The van der Waals surface area contributed by atoms with E-state index in [0.29, 0.717) is 13.2 Å². The van der Waals surface area contributed by atoms with Gasteiger partial charge < -0.3 is 15.2 Å². The van der Waals surface area contributed by atoms with Gasteiger partial charge in [0.2, 0.25) is 0 Å². The summed E-state index contributed by atoms with van der Waals surface area (Å²) in [4.78, 5) is 0. The van der Waals surface area contributed by atoms with E-state index in [0.717, 1.165) is 45.3 Å². The molecule has 0 bridgehead atoms. The highest BCUT2D eigenvalue weighted by Gasteiger charge is 2.28. The smallest absolute Gasteiger partial charge is 0.0771 e. The number of nitrogens with one attached hydrogen (secondary N) is 1. The van der Waals surface area contributed by atoms with Crippen LogP contribution in [-0.2, 0) is 4.74 Å². The van der Waals surface area contributed by atoms with Gasteiger partial charge >= 0.3 is 0 Å². The molecule has 0 atom stereocenters. The molecule has 1 fully saturated rings. The Morgan fingerprint density at radius 3 is 2.69 bits per heavy atom. The number of aliphatic hydroxyl groups is 1. The minimum atomic E-state index is -0.459. The van der Waals surface area contributed by atoms with E-state index in [1.54, 1.807) is 0 Å². The summed E-state index contributed by atoms with van der Waals surface area (Å²) in [6, 6.07) is 0. The van der Waals surface area contributed by atoms with Crippen molar-refractivity contribution in [2.45, 2.75) is 44.1 Å². The van der Waals surface area contributed by atoms with E-state index < -0.39 is 5.60 Å². The molecule has 0 aromatic heterocycles. The van der Waals surface area contributed by atoms with Crippen LogP contribution in [0.15, 0.2) is 12.7 Å². The van der Waals surface area contributed by atoms with Crippen molar-refractivity contribution in [3.05, 3.63) is 12.7 Å². The molecule has 0 aromatic carbocycles. The largest absolute Gasteiger partial charge is 0.389 e. The van der Waals surface area contributed by atoms with Gasteiger partial charge in [-0.2, -0.15) is 0 Å². The normalized spacial score (nSPS) is 19.6. The number of hydrogen-bond acceptors (Lipinski definition) is 3. The topological polar surface area (TPSA) is 41.5 Å². The van der Waals surface area contributed by atoms with Crippen molar-refractivity contribution in [2.75, 3.05) is 26.3 Å². The van der Waals surface area contributed by atoms with Crippen LogP contribution in [0.2, 0.25) is 0 Å². The molecule has 0 unspecified atom stereocenters. The summed E-state index contributed by atoms with van der Waals surface area (Å²) in [5.74, 6) is 0. The fourth-order valence-electron chi connectivity index (χ4n) is 2.12. The highest BCUT2D eigenvalue weighted by Crippen LogP contribution is 2.27. The fraction of sp³-hybridized carbons (Fsp3) is 0.846. The molecule has 94 valence electrons. The predicted molar refractivity (Wildman–Crippen MR) is 66.5 cm³/mol. The summed E-state index contributed by atoms with van der Waals surface area (Å²) in [5.41, 5.74) is -0.459. The van der Waals surface area contributed by atoms with E-state index in [4.69, 9.17) is 4.74 Å². The zero-order valence-electron chi connectivity index (χ0n) is 10.2. The molecule has 16 heavy (non-hydrogen) atoms. The molecule has 0 aliphatic heterocycles. The quantitative estimate of drug-likeness (QED) is 0.491. The molecule has 3 nitrogen and oxygen atoms in total. The molecule has 0 amide bonds. The molecule has 2 N–H and O–H groups in total. The lowest BCUT2D eigenvalue weighted by Gasteiger charge is -2.32. The van der Waals surface area contributed by atoms with Crippen LogP contribution in [0.25, 0.3) is 0 Å². The van der Waals surface area contributed by atoms with Gasteiger partial charge in [0.15, 0.2) is 0 Å². The number of ether oxygens (including phenoxy) is 1. The molecule has 1 saturated carbocycles. The highest BCUT2D eigenvalue weighted by atomic mass is 16.5. The molecule has 0 spiro atoms. The Kier molecular flexibility index (Phi) is 6.69. The first-order chi connectivity index (χ1) is 7.77. The van der Waals surface area contributed by atoms with Gasteiger partial charge in [0.1, 0.15) is 0 Å². The Morgan fingerprint density at radius 2 is 2.00 bits per heavy atom. The van der Waals surface area contributed by atoms with Gasteiger partial charge in [-0.25, -0.2) is 0 Å². The second-order valence-electron chi connectivity index (χ2n) is 4.65. The molecule has 0 heterocycles. The van der Waals surface area contributed by atoms with Crippen LogP contribution in [0.4, 0.5) is 0 Å². The van der Waals surface area contributed by atoms with Gasteiger partial charge in [-0.3, -0.25) is 0 Å². The molecule has 1 aliphatic carbocycles. The highest BCUT2D eigenvalue weighted by molar-refractivity contribution is 4.84. The average Bonchev–Trinajstić information content (AvgIpc) is 2.29. The van der Waals surface area contributed by atoms with E-state index in [-0.39, 0.29) is 0 Å². The molecule has 3 heteroatoms. The fourth-order valence-corrected chi connectivity index (χ4v) is 2.12. The first-order valence-electron chi connectivity index (χ1n) is 6.39. The Balaban J connectivity index is 1.95. The van der Waals surface area contributed by atoms with Crippen molar-refractivity contribution in [3.8, 4) is 0 Å². The summed E-state index contributed by atoms with van der Waals surface area (Å²) in [5, 5.41) is 13.5. The lowest BCUT2D eigenvalue weighted by Crippen LogP contribution is -2.43. The first-order valence-corrected chi connectivity index (χ1v) is 6.39. The second kappa shape index (κ2) is 7.82. The van der Waals surface area contributed by atoms with E-state index in [1.807, 2.05) is 6.08 Å². The van der Waals surface area contributed by atoms with Gasteiger partial charge in [0.25, 0.3) is 0 Å². The first kappa shape index (κ1) is 13.7. The van der Waals surface area contributed by atoms with Crippen LogP contribution in [0.3, 0.4) is 0 Å². The van der Waals surface area contributed by atoms with Crippen LogP contribution in [-0.4, -0.2) is 37.0 Å². The molecule has 0 aromatic rings. The van der Waals surface area contributed by atoms with Crippen molar-refractivity contribution < 1.29 is 9.84 Å². The number of hydrogen-bond donors (Lipinski definition) is 2. The van der Waals surface area contributed by atoms with Gasteiger partial charge in [-0.05, 0) is 19.3 Å². The van der Waals surface area contributed by atoms with Gasteiger partial charge in [0, 0.05) is 13.1 Å². The third kappa shape index (κ3) is 5.64. The lowest BCUT2D eigenvalue weighted by molar-refractivity contribution is 0.00348. The van der Waals surface area contributed by atoms with Crippen LogP contribution in [0, 0.1) is 0 Å². The summed E-state index contributed by atoms with van der Waals surface area (Å²) in [7, 11) is 0. The molecular weight excluding hydrogens is 202 g/mol. The van der Waals surface area contributed by atoms with Crippen molar-refractivity contribution in [3.63, 3.8) is 0 Å². The summed E-state index contributed by atoms with van der Waals surface area (Å²) in [6.45, 7) is 6.62. The Bertz CT molecular complexity index is 188. The maximum Gasteiger partial charge on any atom is 0.0771 e. The predicted octanol–water partition coefficient (Wildman–Crippen LogP) is 1.86. The summed E-state index contributed by atoms with van der Waals surface area (Å²) >= 11 is 0. The van der Waals surface area contributed by atoms with Crippen LogP contribution in [0.5, 0.6) is 0 Å². The second-order valence-corrected chi connectivity index (χ2v) is 4.65. The number of rotatable bonds is 8. The maximum atomic E-state index is 10.2. The Labute approximate surface area is 98.9 Å². The lowest BCUT2D eigenvalue weighted by atomic mass is 9.85. The monoisotopic (exact) mass is 227 g/mol. The van der Waals surface area contributed by atoms with Crippen LogP contribution >= 0.6 is 0 Å². The van der Waals surface area contributed by atoms with Crippen molar-refractivity contribution in [1.29, 1.82) is 0 Å². The third-order valence-corrected chi connectivity index (χ3v) is 3.13. The third-order valence-electron chi connectivity index (χ3n) is 3.13. The minimum Gasteiger partial charge on any atom is -0.389 e. The van der Waals surface area contributed by atoms with E-state index >= 15 is 0 Å². The van der Waals surface area contributed by atoms with E-state index in [2.05, 4.69) is 11.9 Å². The standard InChI is InChI=1S/C13H25NO2/c1-2-3-10-16-11-9-14-12-13(15)7-5-4-6-8-13/h2,14-15H,1,3-12H2. The molecule has 0 radical (unpaired) electrons. The minimum absolute atomic E-state index is 0.459. The maximum absolute atomic E-state index is 10.2. The molecule has 1 rings (SSSR count). The van der Waals surface area contributed by atoms with Crippen LogP contribution in [0.1, 0.15) is 38.5 Å². The zero-order chi connectivity index (χ0) is 11.7. The SMILES string of the molecule is C=CCCOCCNCC1(O)CCCCC1. The van der Waals surface area contributed by atoms with Gasteiger partial charge in [-0.15, -0.1) is 6.58 Å². The Hall–Kier alpha value is -0.380. The summed E-state index contributed by atoms with van der Waals surface area (Å²) in [6.07, 6.45) is 8.24. The Morgan fingerprint density at radius 1 is 1.25 bits per heavy atom. The zero-order valence-corrected chi connectivity index (χ0v) is 10.2. The van der Waals surface area contributed by atoms with Crippen molar-refractivity contribution in [1.82, 2.24) is 5.32 Å².